The van der Waals surface area contributed by atoms with E-state index in [9.17, 15) is 9.90 Å². The number of nitrogens with one attached hydrogen (secondary N) is 2. The third-order valence-corrected chi connectivity index (χ3v) is 3.61. The van der Waals surface area contributed by atoms with Gasteiger partial charge in [0.05, 0.1) is 18.9 Å². The van der Waals surface area contributed by atoms with Crippen molar-refractivity contribution in [3.63, 3.8) is 0 Å². The summed E-state index contributed by atoms with van der Waals surface area (Å²) in [4.78, 5) is 13.9. The molecule has 0 aliphatic rings. The van der Waals surface area contributed by atoms with Gasteiger partial charge in [0.2, 0.25) is 0 Å². The lowest BCUT2D eigenvalue weighted by Gasteiger charge is -2.16. The van der Waals surface area contributed by atoms with Gasteiger partial charge >= 0.3 is 6.03 Å². The predicted molar refractivity (Wildman–Crippen MR) is 95.7 cm³/mol. The molecule has 0 aliphatic carbocycles. The van der Waals surface area contributed by atoms with Crippen molar-refractivity contribution in [3.8, 4) is 5.75 Å². The van der Waals surface area contributed by atoms with E-state index in [1.165, 1.54) is 0 Å². The molecule has 1 atom stereocenters. The summed E-state index contributed by atoms with van der Waals surface area (Å²) in [5.74, 6) is 0.576. The second kappa shape index (κ2) is 8.21. The molecule has 0 bridgehead atoms. The molecule has 0 saturated carbocycles. The van der Waals surface area contributed by atoms with Gasteiger partial charge in [-0.25, -0.2) is 4.79 Å². The fourth-order valence-electron chi connectivity index (χ4n) is 2.22. The van der Waals surface area contributed by atoms with E-state index in [1.807, 2.05) is 49.3 Å². The van der Waals surface area contributed by atoms with Gasteiger partial charge < -0.3 is 25.4 Å². The molecular formula is C18H23N3O3. The average molecular weight is 329 g/mol. The first-order chi connectivity index (χ1) is 11.5. The molecule has 0 aliphatic heterocycles. The Labute approximate surface area is 142 Å². The quantitative estimate of drug-likeness (QED) is 0.762. The highest BCUT2D eigenvalue weighted by Gasteiger charge is 2.11. The third-order valence-electron chi connectivity index (χ3n) is 3.61. The number of aliphatic hydroxyl groups is 1. The molecular weight excluding hydrogens is 306 g/mol. The molecule has 6 heteroatoms. The van der Waals surface area contributed by atoms with Gasteiger partial charge in [0.25, 0.3) is 0 Å². The Balaban J connectivity index is 1.89. The fraction of sp³-hybridized carbons (Fsp3) is 0.278. The summed E-state index contributed by atoms with van der Waals surface area (Å²) in [6.45, 7) is 0.113. The number of para-hydroxylation sites is 2. The zero-order valence-electron chi connectivity index (χ0n) is 14.1. The highest BCUT2D eigenvalue weighted by Crippen LogP contribution is 2.23. The summed E-state index contributed by atoms with van der Waals surface area (Å²) in [6.07, 6.45) is -0.773. The number of carbonyl (C=O) groups is 1. The number of methoxy groups -OCH3 is 1. The van der Waals surface area contributed by atoms with Gasteiger partial charge in [-0.1, -0.05) is 24.3 Å². The van der Waals surface area contributed by atoms with Crippen LogP contribution in [0.4, 0.5) is 16.2 Å². The van der Waals surface area contributed by atoms with Gasteiger partial charge in [0.1, 0.15) is 5.75 Å². The summed E-state index contributed by atoms with van der Waals surface area (Å²) in [7, 11) is 5.45. The van der Waals surface area contributed by atoms with Gasteiger partial charge in [0, 0.05) is 26.3 Å². The molecule has 2 rings (SSSR count). The zero-order valence-corrected chi connectivity index (χ0v) is 14.1. The number of ether oxygens (including phenoxy) is 1. The van der Waals surface area contributed by atoms with Crippen LogP contribution in [0.3, 0.4) is 0 Å². The van der Waals surface area contributed by atoms with Crippen LogP contribution in [0, 0.1) is 0 Å². The first kappa shape index (κ1) is 17.6. The molecule has 0 radical (unpaired) electrons. The van der Waals surface area contributed by atoms with Crippen molar-refractivity contribution < 1.29 is 14.6 Å². The van der Waals surface area contributed by atoms with E-state index < -0.39 is 12.1 Å². The Bertz CT molecular complexity index is 671. The smallest absolute Gasteiger partial charge is 0.319 e. The van der Waals surface area contributed by atoms with Crippen LogP contribution in [0.2, 0.25) is 0 Å². The molecule has 2 aromatic carbocycles. The SMILES string of the molecule is COc1ccccc1NC(=O)NCC(O)c1ccc(N(C)C)cc1. The lowest BCUT2D eigenvalue weighted by molar-refractivity contribution is 0.175. The van der Waals surface area contributed by atoms with E-state index in [0.717, 1.165) is 11.3 Å². The number of amides is 2. The molecule has 2 amide bonds. The molecule has 0 aromatic heterocycles. The number of hydrogen-bond acceptors (Lipinski definition) is 4. The van der Waals surface area contributed by atoms with Gasteiger partial charge in [-0.05, 0) is 29.8 Å². The van der Waals surface area contributed by atoms with Crippen LogP contribution >= 0.6 is 0 Å². The molecule has 24 heavy (non-hydrogen) atoms. The second-order valence-electron chi connectivity index (χ2n) is 5.54. The summed E-state index contributed by atoms with van der Waals surface area (Å²) in [5.41, 5.74) is 2.37. The first-order valence-corrected chi connectivity index (χ1v) is 7.64. The van der Waals surface area contributed by atoms with Crippen molar-refractivity contribution in [1.29, 1.82) is 0 Å². The van der Waals surface area contributed by atoms with E-state index in [4.69, 9.17) is 4.74 Å². The first-order valence-electron chi connectivity index (χ1n) is 7.64. The van der Waals surface area contributed by atoms with E-state index in [2.05, 4.69) is 10.6 Å². The Hall–Kier alpha value is -2.73. The van der Waals surface area contributed by atoms with Crippen molar-refractivity contribution >= 4 is 17.4 Å². The van der Waals surface area contributed by atoms with E-state index >= 15 is 0 Å². The highest BCUT2D eigenvalue weighted by molar-refractivity contribution is 5.90. The summed E-state index contributed by atoms with van der Waals surface area (Å²) in [6, 6.07) is 14.3. The van der Waals surface area contributed by atoms with Crippen LogP contribution in [0.15, 0.2) is 48.5 Å². The maximum atomic E-state index is 12.0. The van der Waals surface area contributed by atoms with Crippen molar-refractivity contribution in [2.45, 2.75) is 6.10 Å². The van der Waals surface area contributed by atoms with Crippen LogP contribution in [-0.2, 0) is 0 Å². The van der Waals surface area contributed by atoms with Gasteiger partial charge in [0.15, 0.2) is 0 Å². The number of carbonyl (C=O) groups excluding carboxylic acids is 1. The normalized spacial score (nSPS) is 11.5. The molecule has 1 unspecified atom stereocenters. The third kappa shape index (κ3) is 4.63. The van der Waals surface area contributed by atoms with Crippen molar-refractivity contribution in [1.82, 2.24) is 5.32 Å². The maximum Gasteiger partial charge on any atom is 0.319 e. The minimum Gasteiger partial charge on any atom is -0.495 e. The number of urea groups is 1. The molecule has 2 aromatic rings. The minimum atomic E-state index is -0.773. The Morgan fingerprint density at radius 3 is 2.46 bits per heavy atom. The largest absolute Gasteiger partial charge is 0.495 e. The fourth-order valence-corrected chi connectivity index (χ4v) is 2.22. The second-order valence-corrected chi connectivity index (χ2v) is 5.54. The van der Waals surface area contributed by atoms with Crippen molar-refractivity contribution in [3.05, 3.63) is 54.1 Å². The van der Waals surface area contributed by atoms with E-state index in [-0.39, 0.29) is 6.54 Å². The Kier molecular flexibility index (Phi) is 6.03. The van der Waals surface area contributed by atoms with Crippen molar-refractivity contribution in [2.24, 2.45) is 0 Å². The molecule has 6 nitrogen and oxygen atoms in total. The number of benzene rings is 2. The molecule has 0 spiro atoms. The lowest BCUT2D eigenvalue weighted by Crippen LogP contribution is -2.32. The zero-order chi connectivity index (χ0) is 17.5. The van der Waals surface area contributed by atoms with Crippen LogP contribution < -0.4 is 20.3 Å². The predicted octanol–water partition coefficient (Wildman–Crippen LogP) is 2.62. The molecule has 0 heterocycles. The highest BCUT2D eigenvalue weighted by atomic mass is 16.5. The average Bonchev–Trinajstić information content (AvgIpc) is 2.60. The maximum absolute atomic E-state index is 12.0. The van der Waals surface area contributed by atoms with Crippen LogP contribution in [0.5, 0.6) is 5.75 Å². The van der Waals surface area contributed by atoms with Gasteiger partial charge in [-0.15, -0.1) is 0 Å². The number of nitrogens with zero attached hydrogens (tertiary/aromatic N) is 1. The summed E-state index contributed by atoms with van der Waals surface area (Å²) >= 11 is 0. The molecule has 128 valence electrons. The monoisotopic (exact) mass is 329 g/mol. The minimum absolute atomic E-state index is 0.113. The summed E-state index contributed by atoms with van der Waals surface area (Å²) < 4.78 is 5.18. The Morgan fingerprint density at radius 2 is 1.83 bits per heavy atom. The standard InChI is InChI=1S/C18H23N3O3/c1-21(2)14-10-8-13(9-11-14)16(22)12-19-18(23)20-15-6-4-5-7-17(15)24-3/h4-11,16,22H,12H2,1-3H3,(H2,19,20,23). The lowest BCUT2D eigenvalue weighted by atomic mass is 10.1. The van der Waals surface area contributed by atoms with Gasteiger partial charge in [-0.3, -0.25) is 0 Å². The number of hydrogen-bond donors (Lipinski definition) is 3. The van der Waals surface area contributed by atoms with Crippen LogP contribution in [-0.4, -0.2) is 38.9 Å². The van der Waals surface area contributed by atoms with Gasteiger partial charge in [-0.2, -0.15) is 0 Å². The van der Waals surface area contributed by atoms with E-state index in [0.29, 0.717) is 11.4 Å². The van der Waals surface area contributed by atoms with Crippen molar-refractivity contribution in [2.75, 3.05) is 38.0 Å². The molecule has 0 saturated heterocycles. The molecule has 3 N–H and O–H groups in total. The molecule has 0 fully saturated rings. The Morgan fingerprint density at radius 1 is 1.17 bits per heavy atom. The topological polar surface area (TPSA) is 73.8 Å². The van der Waals surface area contributed by atoms with Crippen LogP contribution in [0.25, 0.3) is 0 Å². The summed E-state index contributed by atoms with van der Waals surface area (Å²) in [5, 5.41) is 15.5. The van der Waals surface area contributed by atoms with Crippen LogP contribution in [0.1, 0.15) is 11.7 Å². The number of aliphatic hydroxyl groups excluding tert-OH is 1. The van der Waals surface area contributed by atoms with E-state index in [1.54, 1.807) is 25.3 Å². The number of anilines is 2. The number of rotatable bonds is 6.